The molecule has 0 aliphatic carbocycles. The third-order valence-electron chi connectivity index (χ3n) is 6.88. The van der Waals surface area contributed by atoms with Crippen molar-refractivity contribution in [1.82, 2.24) is 19.6 Å². The van der Waals surface area contributed by atoms with Crippen molar-refractivity contribution >= 4 is 51.3 Å². The van der Waals surface area contributed by atoms with E-state index in [1.165, 1.54) is 34.9 Å². The number of nitrogens with zero attached hydrogens (tertiary/aromatic N) is 5. The lowest BCUT2D eigenvalue weighted by Crippen LogP contribution is -2.29. The maximum absolute atomic E-state index is 14.2. The molecule has 1 aliphatic heterocycles. The number of halogens is 1. The van der Waals surface area contributed by atoms with Crippen LogP contribution in [-0.2, 0) is 15.3 Å². The first-order valence-electron chi connectivity index (χ1n) is 13.2. The normalized spacial score (nSPS) is 16.3. The molecule has 218 valence electrons. The van der Waals surface area contributed by atoms with Gasteiger partial charge in [0.1, 0.15) is 17.2 Å². The Morgan fingerprint density at radius 3 is 2.70 bits per heavy atom. The number of aliphatic hydroxyl groups excluding tert-OH is 1. The summed E-state index contributed by atoms with van der Waals surface area (Å²) in [6.45, 7) is 3.72. The van der Waals surface area contributed by atoms with Crippen LogP contribution in [0.5, 0.6) is 11.5 Å². The monoisotopic (exact) mass is 617 g/mol. The molecule has 43 heavy (non-hydrogen) atoms. The van der Waals surface area contributed by atoms with Gasteiger partial charge in [0.05, 0.1) is 23.9 Å². The van der Waals surface area contributed by atoms with Gasteiger partial charge in [-0.25, -0.2) is 9.37 Å². The van der Waals surface area contributed by atoms with Gasteiger partial charge in [-0.2, -0.15) is 0 Å². The number of hydrogen-bond donors (Lipinski definition) is 2. The molecule has 5 aromatic rings. The van der Waals surface area contributed by atoms with E-state index < -0.39 is 23.5 Å². The fraction of sp³-hybridized carbons (Fsp3) is 0.167. The van der Waals surface area contributed by atoms with Gasteiger partial charge in [0.25, 0.3) is 5.78 Å². The van der Waals surface area contributed by atoms with Crippen molar-refractivity contribution in [2.75, 3.05) is 11.5 Å². The highest BCUT2D eigenvalue weighted by Gasteiger charge is 2.49. The molecule has 1 saturated heterocycles. The third kappa shape index (κ3) is 5.10. The maximum atomic E-state index is 14.2. The highest BCUT2D eigenvalue weighted by molar-refractivity contribution is 8.00. The van der Waals surface area contributed by atoms with Crippen LogP contribution in [0.2, 0.25) is 0 Å². The van der Waals surface area contributed by atoms with Crippen molar-refractivity contribution in [3.8, 4) is 11.5 Å². The van der Waals surface area contributed by atoms with Gasteiger partial charge in [0, 0.05) is 11.9 Å². The molecule has 0 spiro atoms. The molecule has 1 fully saturated rings. The number of fused-ring (bicyclic) bond motifs is 1. The fourth-order valence-corrected chi connectivity index (χ4v) is 6.81. The summed E-state index contributed by atoms with van der Waals surface area (Å²) in [4.78, 5) is 33.0. The summed E-state index contributed by atoms with van der Waals surface area (Å²) in [5.74, 6) is -2.28. The van der Waals surface area contributed by atoms with Crippen molar-refractivity contribution in [2.24, 2.45) is 0 Å². The van der Waals surface area contributed by atoms with E-state index in [0.29, 0.717) is 26.8 Å². The number of pyridine rings is 1. The number of aromatic hydroxyl groups is 1. The van der Waals surface area contributed by atoms with Crippen molar-refractivity contribution in [2.45, 2.75) is 30.0 Å². The van der Waals surface area contributed by atoms with Crippen LogP contribution >= 0.6 is 23.1 Å². The number of carbonyl (C=O) groups excluding carboxylic acids is 2. The minimum atomic E-state index is -1.13. The van der Waals surface area contributed by atoms with Crippen LogP contribution in [0.1, 0.15) is 35.5 Å². The van der Waals surface area contributed by atoms with Crippen LogP contribution in [-0.4, -0.2) is 48.1 Å². The average molecular weight is 618 g/mol. The summed E-state index contributed by atoms with van der Waals surface area (Å²) >= 11 is 2.30. The Balaban J connectivity index is 1.47. The number of Topliss-reactive ketones (excluding diaryl/α,β-unsaturated/α-hetero) is 1. The zero-order valence-corrected chi connectivity index (χ0v) is 24.5. The van der Waals surface area contributed by atoms with E-state index in [2.05, 4.69) is 15.2 Å². The number of rotatable bonds is 8. The summed E-state index contributed by atoms with van der Waals surface area (Å²) in [5, 5.41) is 30.6. The number of amides is 1. The lowest BCUT2D eigenvalue weighted by atomic mass is 9.96. The molecule has 1 amide bonds. The van der Waals surface area contributed by atoms with Gasteiger partial charge in [0.2, 0.25) is 5.13 Å². The summed E-state index contributed by atoms with van der Waals surface area (Å²) in [5.41, 5.74) is 1.97. The number of thioether (sulfide) groups is 1. The number of aromatic nitrogens is 4. The molecule has 10 nitrogen and oxygen atoms in total. The fourth-order valence-electron chi connectivity index (χ4n) is 4.96. The third-order valence-corrected chi connectivity index (χ3v) is 8.99. The number of imidazole rings is 1. The van der Waals surface area contributed by atoms with Crippen LogP contribution in [0.25, 0.3) is 11.4 Å². The highest BCUT2D eigenvalue weighted by atomic mass is 32.2. The Hall–Kier alpha value is -4.75. The highest BCUT2D eigenvalue weighted by Crippen LogP contribution is 2.45. The van der Waals surface area contributed by atoms with Crippen molar-refractivity contribution < 1.29 is 28.9 Å². The number of aliphatic hydroxyl groups is 1. The molecular formula is C30H24FN5O5S2. The molecule has 1 atom stereocenters. The molecule has 1 aliphatic rings. The number of aryl methyl sites for hydroxylation is 1. The van der Waals surface area contributed by atoms with E-state index in [9.17, 15) is 24.2 Å². The predicted molar refractivity (Wildman–Crippen MR) is 160 cm³/mol. The standard InChI is InChI=1S/C30H24FN5O5S2/c1-3-41-21-14-17(11-12-20(21)37)25-23(26(38)24-16(2)32-22-10-6-7-13-35(22)24)27(39)28(40)36(25)29-33-34-30(43-29)42-15-18-8-4-5-9-19(18)31/h4-14,25,37-38H,3,15H2,1-2H3. The molecular weight excluding hydrogens is 593 g/mol. The largest absolute Gasteiger partial charge is 0.505 e. The van der Waals surface area contributed by atoms with Gasteiger partial charge in [-0.15, -0.1) is 10.2 Å². The molecule has 0 radical (unpaired) electrons. The minimum absolute atomic E-state index is 0.114. The van der Waals surface area contributed by atoms with E-state index in [1.54, 1.807) is 66.9 Å². The second-order valence-electron chi connectivity index (χ2n) is 9.53. The first kappa shape index (κ1) is 28.4. The molecule has 0 saturated carbocycles. The lowest BCUT2D eigenvalue weighted by molar-refractivity contribution is -0.132. The quantitative estimate of drug-likeness (QED) is 0.0745. The van der Waals surface area contributed by atoms with Gasteiger partial charge in [0.15, 0.2) is 21.6 Å². The predicted octanol–water partition coefficient (Wildman–Crippen LogP) is 5.66. The van der Waals surface area contributed by atoms with E-state index in [0.717, 1.165) is 11.3 Å². The van der Waals surface area contributed by atoms with Gasteiger partial charge in [-0.1, -0.05) is 53.4 Å². The second kappa shape index (κ2) is 11.5. The molecule has 1 unspecified atom stereocenters. The minimum Gasteiger partial charge on any atom is -0.505 e. The Kier molecular flexibility index (Phi) is 7.59. The molecule has 0 bridgehead atoms. The average Bonchev–Trinajstić information content (AvgIpc) is 3.67. The first-order valence-corrected chi connectivity index (χ1v) is 15.0. The molecule has 2 aromatic carbocycles. The van der Waals surface area contributed by atoms with Crippen molar-refractivity contribution in [1.29, 1.82) is 0 Å². The van der Waals surface area contributed by atoms with E-state index in [-0.39, 0.29) is 46.1 Å². The number of ketones is 1. The van der Waals surface area contributed by atoms with Crippen LogP contribution in [0.3, 0.4) is 0 Å². The van der Waals surface area contributed by atoms with E-state index in [4.69, 9.17) is 4.74 Å². The second-order valence-corrected chi connectivity index (χ2v) is 11.7. The van der Waals surface area contributed by atoms with Gasteiger partial charge in [-0.05, 0) is 55.3 Å². The number of phenols is 1. The van der Waals surface area contributed by atoms with E-state index >= 15 is 0 Å². The number of ether oxygens (including phenoxy) is 1. The van der Waals surface area contributed by atoms with Gasteiger partial charge >= 0.3 is 5.91 Å². The number of hydrogen-bond acceptors (Lipinski definition) is 10. The van der Waals surface area contributed by atoms with Gasteiger partial charge in [-0.3, -0.25) is 18.9 Å². The number of benzene rings is 2. The summed E-state index contributed by atoms with van der Waals surface area (Å²) in [7, 11) is 0. The van der Waals surface area contributed by atoms with Crippen LogP contribution in [0.4, 0.5) is 9.52 Å². The van der Waals surface area contributed by atoms with Crippen molar-refractivity contribution in [3.05, 3.63) is 101 Å². The number of anilines is 1. The summed E-state index contributed by atoms with van der Waals surface area (Å²) in [6.07, 6.45) is 1.70. The van der Waals surface area contributed by atoms with Crippen LogP contribution < -0.4 is 9.64 Å². The summed E-state index contributed by atoms with van der Waals surface area (Å²) in [6, 6.07) is 15.0. The molecule has 2 N–H and O–H groups in total. The zero-order chi connectivity index (χ0) is 30.2. The maximum Gasteiger partial charge on any atom is 0.301 e. The molecule has 13 heteroatoms. The molecule has 3 aromatic heterocycles. The zero-order valence-electron chi connectivity index (χ0n) is 22.9. The van der Waals surface area contributed by atoms with Crippen LogP contribution in [0.15, 0.2) is 76.8 Å². The Labute approximate surface area is 253 Å². The topological polar surface area (TPSA) is 130 Å². The molecule has 4 heterocycles. The van der Waals surface area contributed by atoms with Gasteiger partial charge < -0.3 is 14.9 Å². The van der Waals surface area contributed by atoms with E-state index in [1.807, 2.05) is 0 Å². The number of phenolic OH excluding ortho intramolecular Hbond substituents is 1. The summed E-state index contributed by atoms with van der Waals surface area (Å²) < 4.78 is 21.8. The van der Waals surface area contributed by atoms with Crippen molar-refractivity contribution in [3.63, 3.8) is 0 Å². The Morgan fingerprint density at radius 2 is 1.91 bits per heavy atom. The molecule has 6 rings (SSSR count). The SMILES string of the molecule is CCOc1cc(C2C(=C(O)c3c(C)nc4ccccn34)C(=O)C(=O)N2c2nnc(SCc3ccccc3F)s2)ccc1O. The Bertz CT molecular complexity index is 1920. The first-order chi connectivity index (χ1) is 20.8. The number of carbonyl (C=O) groups is 2. The Morgan fingerprint density at radius 1 is 1.12 bits per heavy atom. The van der Waals surface area contributed by atoms with Crippen LogP contribution in [0, 0.1) is 12.7 Å². The smallest absolute Gasteiger partial charge is 0.301 e. The lowest BCUT2D eigenvalue weighted by Gasteiger charge is -2.23.